The van der Waals surface area contributed by atoms with E-state index in [4.69, 9.17) is 38.6 Å². The van der Waals surface area contributed by atoms with Crippen molar-refractivity contribution < 1.29 is 14.0 Å². The number of guanidine groups is 1. The van der Waals surface area contributed by atoms with Crippen LogP contribution in [0.15, 0.2) is 51.9 Å². The molecule has 0 atom stereocenters. The van der Waals surface area contributed by atoms with Gasteiger partial charge in [-0.15, -0.1) is 12.8 Å². The van der Waals surface area contributed by atoms with Gasteiger partial charge in [0.15, 0.2) is 6.19 Å². The molecule has 2 aromatic carbocycles. The van der Waals surface area contributed by atoms with Gasteiger partial charge in [-0.05, 0) is 68.1 Å². The second-order valence-corrected chi connectivity index (χ2v) is 9.60. The van der Waals surface area contributed by atoms with Crippen LogP contribution in [0.1, 0.15) is 37.0 Å². The summed E-state index contributed by atoms with van der Waals surface area (Å²) in [6, 6.07) is 12.8. The molecule has 210 valence electrons. The number of halogens is 2. The molecule has 1 aromatic heterocycles. The molecule has 11 heteroatoms. The number of aliphatic imine (C=N–C) groups is 1. The molecule has 4 N–H and O–H groups in total. The molecule has 0 saturated carbocycles. The van der Waals surface area contributed by atoms with Gasteiger partial charge in [-0.25, -0.2) is 4.99 Å². The van der Waals surface area contributed by atoms with E-state index in [1.54, 1.807) is 29.3 Å². The summed E-state index contributed by atoms with van der Waals surface area (Å²) in [5.74, 6) is 0.883. The molecule has 4 rings (SSSR count). The number of nitrogens with zero attached hydrogens (tertiary/aromatic N) is 3. The Hall–Kier alpha value is -4.18. The molecule has 2 amide bonds. The van der Waals surface area contributed by atoms with E-state index in [9.17, 15) is 9.59 Å². The van der Waals surface area contributed by atoms with E-state index in [-0.39, 0.29) is 24.3 Å². The Labute approximate surface area is 244 Å². The number of amides is 2. The molecule has 1 fully saturated rings. The number of benzene rings is 2. The van der Waals surface area contributed by atoms with Gasteiger partial charge >= 0.3 is 0 Å². The van der Waals surface area contributed by atoms with Gasteiger partial charge in [0.05, 0.1) is 22.3 Å². The monoisotopic (exact) mass is 582 g/mol. The van der Waals surface area contributed by atoms with E-state index in [1.807, 2.05) is 31.2 Å². The molecule has 0 bridgehead atoms. The van der Waals surface area contributed by atoms with Crippen molar-refractivity contribution in [1.82, 2.24) is 15.5 Å². The van der Waals surface area contributed by atoms with E-state index in [0.717, 1.165) is 41.6 Å². The Morgan fingerprint density at radius 3 is 2.65 bits per heavy atom. The summed E-state index contributed by atoms with van der Waals surface area (Å²) in [6.07, 6.45) is 13.9. The highest BCUT2D eigenvalue weighted by Crippen LogP contribution is 2.24. The van der Waals surface area contributed by atoms with Gasteiger partial charge in [-0.1, -0.05) is 35.7 Å². The predicted molar refractivity (Wildman–Crippen MR) is 159 cm³/mol. The molecule has 0 radical (unpaired) electrons. The third-order valence-corrected chi connectivity index (χ3v) is 6.52. The fraction of sp³-hybridized carbons (Fsp3) is 0.310. The molecule has 0 unspecified atom stereocenters. The SMILES string of the molecule is C#C.Cc1cc2cc(N=C(N)NC#N)ccc2o1.O=C(CN1CCCCCC1=O)NCCc1ccc(Cl)c(Cl)c1. The molecule has 40 heavy (non-hydrogen) atoms. The van der Waals surface area contributed by atoms with Crippen molar-refractivity contribution in [2.75, 3.05) is 19.6 Å². The standard InChI is InChI=1S/C16H20Cl2N2O2.C11H10N4O.C2H2/c17-13-6-5-12(10-14(13)18)7-8-19-15(21)11-20-9-3-1-2-4-16(20)22;1-7-4-8-5-9(2-3-10(8)16-7)15-11(13)14-6-12;1-2/h5-6,10H,1-4,7-9,11H2,(H,19,21);2-5H,1H3,(H3,13,14,15);1-2H. The molecule has 0 spiro atoms. The lowest BCUT2D eigenvalue weighted by Crippen LogP contribution is -2.41. The zero-order chi connectivity index (χ0) is 29.5. The topological polar surface area (TPSA) is 137 Å². The van der Waals surface area contributed by atoms with Gasteiger partial charge in [-0.3, -0.25) is 14.9 Å². The Morgan fingerprint density at radius 1 is 1.15 bits per heavy atom. The molecule has 2 heterocycles. The van der Waals surface area contributed by atoms with Gasteiger partial charge in [0.1, 0.15) is 11.3 Å². The van der Waals surface area contributed by atoms with Crippen LogP contribution in [0, 0.1) is 31.2 Å². The molecular formula is C29H32Cl2N6O3. The largest absolute Gasteiger partial charge is 0.461 e. The van der Waals surface area contributed by atoms with Crippen molar-refractivity contribution in [2.24, 2.45) is 10.7 Å². The van der Waals surface area contributed by atoms with E-state index in [0.29, 0.717) is 41.7 Å². The maximum Gasteiger partial charge on any atom is 0.239 e. The van der Waals surface area contributed by atoms with Crippen molar-refractivity contribution in [3.8, 4) is 19.0 Å². The second kappa shape index (κ2) is 16.7. The summed E-state index contributed by atoms with van der Waals surface area (Å²) in [6.45, 7) is 3.23. The maximum atomic E-state index is 11.9. The number of carbonyl (C=O) groups excluding carboxylic acids is 2. The number of carbonyl (C=O) groups is 2. The van der Waals surface area contributed by atoms with Crippen LogP contribution in [0.5, 0.6) is 0 Å². The van der Waals surface area contributed by atoms with Crippen LogP contribution in [0.2, 0.25) is 10.0 Å². The first-order valence-corrected chi connectivity index (χ1v) is 13.3. The van der Waals surface area contributed by atoms with E-state index >= 15 is 0 Å². The summed E-state index contributed by atoms with van der Waals surface area (Å²) in [7, 11) is 0. The van der Waals surface area contributed by atoms with Gasteiger partial charge in [0.2, 0.25) is 17.8 Å². The smallest absolute Gasteiger partial charge is 0.239 e. The number of rotatable bonds is 6. The van der Waals surface area contributed by atoms with Crippen LogP contribution in [0.3, 0.4) is 0 Å². The summed E-state index contributed by atoms with van der Waals surface area (Å²) >= 11 is 11.8. The first-order chi connectivity index (χ1) is 19.2. The van der Waals surface area contributed by atoms with Crippen molar-refractivity contribution in [3.63, 3.8) is 0 Å². The van der Waals surface area contributed by atoms with Crippen LogP contribution >= 0.6 is 23.2 Å². The Balaban J connectivity index is 0.000000275. The first kappa shape index (κ1) is 32.0. The third kappa shape index (κ3) is 10.5. The third-order valence-electron chi connectivity index (χ3n) is 5.78. The van der Waals surface area contributed by atoms with E-state index in [2.05, 4.69) is 28.5 Å². The molecule has 1 aliphatic rings. The average Bonchev–Trinajstić information content (AvgIpc) is 3.18. The molecule has 9 nitrogen and oxygen atoms in total. The minimum absolute atomic E-state index is 0.0714. The number of fused-ring (bicyclic) bond motifs is 1. The highest BCUT2D eigenvalue weighted by atomic mass is 35.5. The molecule has 3 aromatic rings. The fourth-order valence-corrected chi connectivity index (χ4v) is 4.25. The Kier molecular flexibility index (Phi) is 13.4. The summed E-state index contributed by atoms with van der Waals surface area (Å²) in [5, 5.41) is 15.5. The summed E-state index contributed by atoms with van der Waals surface area (Å²) in [4.78, 5) is 29.4. The van der Waals surface area contributed by atoms with Crippen molar-refractivity contribution in [1.29, 1.82) is 5.26 Å². The number of likely N-dealkylation sites (tertiary alicyclic amines) is 1. The van der Waals surface area contributed by atoms with Crippen LogP contribution in [0.25, 0.3) is 11.0 Å². The highest BCUT2D eigenvalue weighted by Gasteiger charge is 2.18. The number of nitrogens with one attached hydrogen (secondary N) is 2. The van der Waals surface area contributed by atoms with Gasteiger partial charge in [0.25, 0.3) is 0 Å². The van der Waals surface area contributed by atoms with Crippen LogP contribution in [-0.4, -0.2) is 42.3 Å². The minimum Gasteiger partial charge on any atom is -0.461 e. The van der Waals surface area contributed by atoms with Gasteiger partial charge in [0, 0.05) is 24.9 Å². The normalized spacial score (nSPS) is 13.2. The number of terminal acetylenes is 1. The Morgan fingerprint density at radius 2 is 1.93 bits per heavy atom. The maximum absolute atomic E-state index is 11.9. The van der Waals surface area contributed by atoms with Crippen molar-refractivity contribution in [3.05, 3.63) is 63.8 Å². The second-order valence-electron chi connectivity index (χ2n) is 8.79. The van der Waals surface area contributed by atoms with E-state index in [1.165, 1.54) is 0 Å². The number of nitrogens with two attached hydrogens (primary N) is 1. The lowest BCUT2D eigenvalue weighted by molar-refractivity contribution is -0.135. The molecule has 1 aliphatic heterocycles. The molecule has 1 saturated heterocycles. The lowest BCUT2D eigenvalue weighted by Gasteiger charge is -2.19. The minimum atomic E-state index is -0.115. The first-order valence-electron chi connectivity index (χ1n) is 12.6. The zero-order valence-corrected chi connectivity index (χ0v) is 23.8. The molecular weight excluding hydrogens is 551 g/mol. The van der Waals surface area contributed by atoms with Crippen LogP contribution in [0.4, 0.5) is 5.69 Å². The fourth-order valence-electron chi connectivity index (χ4n) is 3.93. The number of furan rings is 1. The number of hydrogen-bond acceptors (Lipinski definition) is 5. The van der Waals surface area contributed by atoms with Gasteiger partial charge < -0.3 is 20.4 Å². The van der Waals surface area contributed by atoms with Gasteiger partial charge in [-0.2, -0.15) is 5.26 Å². The highest BCUT2D eigenvalue weighted by molar-refractivity contribution is 6.42. The predicted octanol–water partition coefficient (Wildman–Crippen LogP) is 5.06. The number of nitriles is 1. The summed E-state index contributed by atoms with van der Waals surface area (Å²) in [5.41, 5.74) is 7.96. The Bertz CT molecular complexity index is 1390. The average molecular weight is 584 g/mol. The van der Waals surface area contributed by atoms with Crippen LogP contribution in [-0.2, 0) is 16.0 Å². The van der Waals surface area contributed by atoms with E-state index < -0.39 is 0 Å². The van der Waals surface area contributed by atoms with Crippen molar-refractivity contribution in [2.45, 2.75) is 39.0 Å². The lowest BCUT2D eigenvalue weighted by atomic mass is 10.1. The summed E-state index contributed by atoms with van der Waals surface area (Å²) < 4.78 is 5.43. The number of aryl methyl sites for hydroxylation is 1. The zero-order valence-electron chi connectivity index (χ0n) is 22.3. The molecule has 0 aliphatic carbocycles. The van der Waals surface area contributed by atoms with Crippen LogP contribution < -0.4 is 16.4 Å². The quantitative estimate of drug-likeness (QED) is 0.122. The van der Waals surface area contributed by atoms with Crippen molar-refractivity contribution >= 4 is 57.6 Å². The number of hydrogen-bond donors (Lipinski definition) is 3.